The van der Waals surface area contributed by atoms with Gasteiger partial charge in [-0.1, -0.05) is 11.6 Å². The highest BCUT2D eigenvalue weighted by molar-refractivity contribution is 6.30. The Morgan fingerprint density at radius 1 is 1.22 bits per heavy atom. The number of carbonyl (C=O) groups is 2. The number of nitrogens with one attached hydrogen (secondary N) is 2. The van der Waals surface area contributed by atoms with Crippen LogP contribution in [-0.4, -0.2) is 23.2 Å². The summed E-state index contributed by atoms with van der Waals surface area (Å²) in [6.07, 6.45) is -3.51. The van der Waals surface area contributed by atoms with Crippen LogP contribution in [0.4, 0.5) is 19.0 Å². The molecule has 0 bridgehead atoms. The highest BCUT2D eigenvalue weighted by atomic mass is 35.5. The Morgan fingerprint density at radius 3 is 2.56 bits per heavy atom. The van der Waals surface area contributed by atoms with Crippen molar-refractivity contribution in [2.45, 2.75) is 26.3 Å². The maximum atomic E-state index is 12.4. The van der Waals surface area contributed by atoms with Crippen molar-refractivity contribution in [1.82, 2.24) is 10.3 Å². The van der Waals surface area contributed by atoms with Crippen LogP contribution in [0.5, 0.6) is 5.75 Å². The minimum absolute atomic E-state index is 0.0321. The van der Waals surface area contributed by atoms with Gasteiger partial charge >= 0.3 is 6.36 Å². The molecule has 0 saturated heterocycles. The molecule has 0 aliphatic rings. The summed E-state index contributed by atoms with van der Waals surface area (Å²) in [7, 11) is 0. The molecule has 2 amide bonds. The van der Waals surface area contributed by atoms with Crippen LogP contribution in [0.3, 0.4) is 0 Å². The number of rotatable bonds is 5. The summed E-state index contributed by atoms with van der Waals surface area (Å²) in [6.45, 7) is 2.88. The molecule has 1 aromatic heterocycles. The summed E-state index contributed by atoms with van der Waals surface area (Å²) in [5.74, 6) is -1.13. The molecule has 2 N–H and O–H groups in total. The van der Waals surface area contributed by atoms with E-state index in [9.17, 15) is 22.8 Å². The lowest BCUT2D eigenvalue weighted by atomic mass is 10.1. The second-order valence-corrected chi connectivity index (χ2v) is 6.01. The molecule has 1 unspecified atom stereocenters. The Labute approximate surface area is 157 Å². The summed E-state index contributed by atoms with van der Waals surface area (Å²) in [4.78, 5) is 27.3. The first-order valence-corrected chi connectivity index (χ1v) is 8.02. The number of carbonyl (C=O) groups excluding carboxylic acids is 2. The van der Waals surface area contributed by atoms with Crippen LogP contribution in [0.15, 0.2) is 36.5 Å². The van der Waals surface area contributed by atoms with Gasteiger partial charge < -0.3 is 15.4 Å². The fourth-order valence-electron chi connectivity index (χ4n) is 2.21. The van der Waals surface area contributed by atoms with Gasteiger partial charge in [-0.3, -0.25) is 9.59 Å². The topological polar surface area (TPSA) is 80.3 Å². The van der Waals surface area contributed by atoms with Gasteiger partial charge in [0, 0.05) is 23.7 Å². The van der Waals surface area contributed by atoms with E-state index in [0.29, 0.717) is 5.56 Å². The Morgan fingerprint density at radius 2 is 1.93 bits per heavy atom. The van der Waals surface area contributed by atoms with Crippen LogP contribution in [0.25, 0.3) is 0 Å². The van der Waals surface area contributed by atoms with Crippen molar-refractivity contribution in [3.05, 3.63) is 52.7 Å². The molecular formula is C17H15ClF3N3O3. The van der Waals surface area contributed by atoms with E-state index in [1.807, 2.05) is 0 Å². The van der Waals surface area contributed by atoms with E-state index in [4.69, 9.17) is 11.6 Å². The number of nitrogens with zero attached hydrogens (tertiary/aromatic N) is 1. The summed E-state index contributed by atoms with van der Waals surface area (Å²) >= 11 is 5.84. The molecule has 0 aliphatic carbocycles. The Bertz CT molecular complexity index is 859. The SMILES string of the molecule is CC(=O)Nc1cc(C(=O)NC(C)c2cc(Cl)cc(OC(F)(F)F)c2)ccn1. The van der Waals surface area contributed by atoms with Gasteiger partial charge in [-0.25, -0.2) is 4.98 Å². The predicted octanol–water partition coefficient (Wildman–Crippen LogP) is 4.08. The molecule has 2 aromatic rings. The fourth-order valence-corrected chi connectivity index (χ4v) is 2.44. The van der Waals surface area contributed by atoms with E-state index < -0.39 is 24.1 Å². The molecule has 10 heteroatoms. The van der Waals surface area contributed by atoms with Crippen LogP contribution in [0, 0.1) is 0 Å². The standard InChI is InChI=1S/C17H15ClF3N3O3/c1-9(12-5-13(18)8-14(6-12)27-17(19,20)21)23-16(26)11-3-4-22-15(7-11)24-10(2)25/h3-9H,1-2H3,(H,23,26)(H,22,24,25). The molecule has 2 rings (SSSR count). The van der Waals surface area contributed by atoms with Crippen molar-refractivity contribution < 1.29 is 27.5 Å². The number of ether oxygens (including phenoxy) is 1. The van der Waals surface area contributed by atoms with Crippen molar-refractivity contribution in [1.29, 1.82) is 0 Å². The van der Waals surface area contributed by atoms with Crippen molar-refractivity contribution in [2.24, 2.45) is 0 Å². The largest absolute Gasteiger partial charge is 0.573 e. The van der Waals surface area contributed by atoms with Gasteiger partial charge in [0.2, 0.25) is 5.91 Å². The molecule has 0 saturated carbocycles. The van der Waals surface area contributed by atoms with Crippen LogP contribution in [0.1, 0.15) is 35.8 Å². The van der Waals surface area contributed by atoms with Crippen molar-refractivity contribution in [3.8, 4) is 5.75 Å². The lowest BCUT2D eigenvalue weighted by molar-refractivity contribution is -0.274. The zero-order valence-corrected chi connectivity index (χ0v) is 15.0. The average Bonchev–Trinajstić information content (AvgIpc) is 2.52. The Hall–Kier alpha value is -2.81. The number of halogens is 4. The maximum Gasteiger partial charge on any atom is 0.573 e. The molecule has 1 aromatic carbocycles. The van der Waals surface area contributed by atoms with Crippen LogP contribution >= 0.6 is 11.6 Å². The Kier molecular flexibility index (Phi) is 6.27. The summed E-state index contributed by atoms with van der Waals surface area (Å²) in [5, 5.41) is 5.12. The molecule has 1 heterocycles. The van der Waals surface area contributed by atoms with E-state index in [0.717, 1.165) is 12.1 Å². The highest BCUT2D eigenvalue weighted by Gasteiger charge is 2.31. The van der Waals surface area contributed by atoms with Gasteiger partial charge in [0.15, 0.2) is 0 Å². The average molecular weight is 402 g/mol. The summed E-state index contributed by atoms with van der Waals surface area (Å²) < 4.78 is 41.1. The van der Waals surface area contributed by atoms with E-state index in [-0.39, 0.29) is 22.3 Å². The van der Waals surface area contributed by atoms with Gasteiger partial charge in [-0.2, -0.15) is 0 Å². The fraction of sp³-hybridized carbons (Fsp3) is 0.235. The second-order valence-electron chi connectivity index (χ2n) is 5.57. The van der Waals surface area contributed by atoms with E-state index in [1.54, 1.807) is 6.92 Å². The number of anilines is 1. The van der Waals surface area contributed by atoms with Crippen molar-refractivity contribution in [2.75, 3.05) is 5.32 Å². The van der Waals surface area contributed by atoms with Crippen LogP contribution in [0.2, 0.25) is 5.02 Å². The van der Waals surface area contributed by atoms with Gasteiger partial charge in [0.05, 0.1) is 6.04 Å². The van der Waals surface area contributed by atoms with Gasteiger partial charge in [0.1, 0.15) is 11.6 Å². The Balaban J connectivity index is 2.16. The number of alkyl halides is 3. The molecule has 144 valence electrons. The first kappa shape index (κ1) is 20.5. The molecule has 0 spiro atoms. The minimum atomic E-state index is -4.86. The molecule has 1 atom stereocenters. The van der Waals surface area contributed by atoms with E-state index in [1.165, 1.54) is 31.3 Å². The van der Waals surface area contributed by atoms with Gasteiger partial charge in [-0.05, 0) is 42.8 Å². The third kappa shape index (κ3) is 6.45. The number of amides is 2. The van der Waals surface area contributed by atoms with E-state index >= 15 is 0 Å². The molecule has 0 aliphatic heterocycles. The minimum Gasteiger partial charge on any atom is -0.406 e. The first-order valence-electron chi connectivity index (χ1n) is 7.64. The predicted molar refractivity (Wildman–Crippen MR) is 92.6 cm³/mol. The second kappa shape index (κ2) is 8.26. The number of hydrogen-bond acceptors (Lipinski definition) is 4. The highest BCUT2D eigenvalue weighted by Crippen LogP contribution is 2.29. The molecule has 6 nitrogen and oxygen atoms in total. The number of aromatic nitrogens is 1. The maximum absolute atomic E-state index is 12.4. The first-order chi connectivity index (χ1) is 12.5. The molecule has 0 fully saturated rings. The molecular weight excluding hydrogens is 387 g/mol. The smallest absolute Gasteiger partial charge is 0.406 e. The van der Waals surface area contributed by atoms with Gasteiger partial charge in [0.25, 0.3) is 5.91 Å². The number of pyridine rings is 1. The monoisotopic (exact) mass is 401 g/mol. The van der Waals surface area contributed by atoms with E-state index in [2.05, 4.69) is 20.4 Å². The number of hydrogen-bond donors (Lipinski definition) is 2. The lowest BCUT2D eigenvalue weighted by Gasteiger charge is -2.17. The van der Waals surface area contributed by atoms with Crippen molar-refractivity contribution in [3.63, 3.8) is 0 Å². The molecule has 0 radical (unpaired) electrons. The summed E-state index contributed by atoms with van der Waals surface area (Å²) in [6, 6.07) is 5.73. The zero-order valence-electron chi connectivity index (χ0n) is 14.2. The third-order valence-corrected chi connectivity index (χ3v) is 3.52. The molecule has 27 heavy (non-hydrogen) atoms. The van der Waals surface area contributed by atoms with Gasteiger partial charge in [-0.15, -0.1) is 13.2 Å². The zero-order chi connectivity index (χ0) is 20.2. The van der Waals surface area contributed by atoms with Crippen molar-refractivity contribution >= 4 is 29.2 Å². The third-order valence-electron chi connectivity index (χ3n) is 3.30. The van der Waals surface area contributed by atoms with Crippen LogP contribution in [-0.2, 0) is 4.79 Å². The lowest BCUT2D eigenvalue weighted by Crippen LogP contribution is -2.27. The quantitative estimate of drug-likeness (QED) is 0.791. The van der Waals surface area contributed by atoms with Crippen LogP contribution < -0.4 is 15.4 Å². The normalized spacial score (nSPS) is 12.2. The number of benzene rings is 1. The summed E-state index contributed by atoms with van der Waals surface area (Å²) in [5.41, 5.74) is 0.542.